The smallest absolute Gasteiger partial charge is 0.239 e. The molecule has 3 rings (SSSR count). The molecule has 1 aromatic rings. The molecule has 0 aromatic carbocycles. The first-order chi connectivity index (χ1) is 11.6. The van der Waals surface area contributed by atoms with Gasteiger partial charge >= 0.3 is 0 Å². The molecule has 2 fully saturated rings. The fourth-order valence-corrected chi connectivity index (χ4v) is 3.46. The van der Waals surface area contributed by atoms with E-state index in [0.717, 1.165) is 50.3 Å². The highest BCUT2D eigenvalue weighted by Crippen LogP contribution is 2.23. The zero-order valence-corrected chi connectivity index (χ0v) is 14.4. The molecule has 2 aliphatic rings. The van der Waals surface area contributed by atoms with Gasteiger partial charge in [-0.25, -0.2) is 4.98 Å². The van der Waals surface area contributed by atoms with E-state index in [9.17, 15) is 9.59 Å². The van der Waals surface area contributed by atoms with E-state index in [0.29, 0.717) is 25.4 Å². The molecule has 0 saturated carbocycles. The maximum absolute atomic E-state index is 12.1. The van der Waals surface area contributed by atoms with Gasteiger partial charge in [0.05, 0.1) is 25.0 Å². The van der Waals surface area contributed by atoms with Crippen LogP contribution < -0.4 is 5.32 Å². The second kappa shape index (κ2) is 7.79. The van der Waals surface area contributed by atoms with Gasteiger partial charge in [0.15, 0.2) is 0 Å². The van der Waals surface area contributed by atoms with Crippen molar-refractivity contribution in [2.75, 3.05) is 33.2 Å². The number of H-pyrrole nitrogens is 1. The lowest BCUT2D eigenvalue weighted by Crippen LogP contribution is -2.40. The topological polar surface area (TPSA) is 81.3 Å². The number of likely N-dealkylation sites (tertiary alicyclic amines) is 2. The number of nitrogens with one attached hydrogen (secondary N) is 2. The summed E-state index contributed by atoms with van der Waals surface area (Å²) in [6, 6.07) is 0. The SMILES string of the molecule is CN1CC[C@@H](c2ncc(CNC(=O)CN3CCCCCC3=O)[nH]2)C1. The molecule has 0 radical (unpaired) electrons. The summed E-state index contributed by atoms with van der Waals surface area (Å²) in [4.78, 5) is 35.8. The molecular weight excluding hydrogens is 306 g/mol. The summed E-state index contributed by atoms with van der Waals surface area (Å²) in [5.74, 6) is 1.44. The molecule has 2 amide bonds. The summed E-state index contributed by atoms with van der Waals surface area (Å²) in [5.41, 5.74) is 0.912. The Kier molecular flexibility index (Phi) is 5.50. The lowest BCUT2D eigenvalue weighted by Gasteiger charge is -2.19. The molecule has 0 unspecified atom stereocenters. The number of amides is 2. The van der Waals surface area contributed by atoms with E-state index in [1.165, 1.54) is 0 Å². The van der Waals surface area contributed by atoms with Gasteiger partial charge in [-0.15, -0.1) is 0 Å². The van der Waals surface area contributed by atoms with Crippen molar-refractivity contribution in [3.8, 4) is 0 Å². The highest BCUT2D eigenvalue weighted by Gasteiger charge is 2.23. The first kappa shape index (κ1) is 17.0. The van der Waals surface area contributed by atoms with E-state index in [-0.39, 0.29) is 18.4 Å². The van der Waals surface area contributed by atoms with Crippen LogP contribution in [0.5, 0.6) is 0 Å². The van der Waals surface area contributed by atoms with Crippen molar-refractivity contribution in [3.05, 3.63) is 17.7 Å². The lowest BCUT2D eigenvalue weighted by atomic mass is 10.1. The van der Waals surface area contributed by atoms with Crippen LogP contribution in [0, 0.1) is 0 Å². The van der Waals surface area contributed by atoms with Crippen molar-refractivity contribution in [1.82, 2.24) is 25.1 Å². The molecule has 1 atom stereocenters. The van der Waals surface area contributed by atoms with Crippen LogP contribution in [0.4, 0.5) is 0 Å². The van der Waals surface area contributed by atoms with Crippen molar-refractivity contribution in [2.24, 2.45) is 0 Å². The van der Waals surface area contributed by atoms with Crippen LogP contribution in [0.3, 0.4) is 0 Å². The van der Waals surface area contributed by atoms with Gasteiger partial charge in [-0.05, 0) is 32.9 Å². The van der Waals surface area contributed by atoms with Crippen molar-refractivity contribution >= 4 is 11.8 Å². The number of rotatable bonds is 5. The van der Waals surface area contributed by atoms with Gasteiger partial charge in [0, 0.05) is 25.4 Å². The molecule has 0 bridgehead atoms. The monoisotopic (exact) mass is 333 g/mol. The van der Waals surface area contributed by atoms with Crippen molar-refractivity contribution < 1.29 is 9.59 Å². The molecule has 3 heterocycles. The molecule has 2 saturated heterocycles. The molecular formula is C17H27N5O2. The Morgan fingerprint density at radius 2 is 2.25 bits per heavy atom. The Morgan fingerprint density at radius 3 is 3.04 bits per heavy atom. The molecule has 24 heavy (non-hydrogen) atoms. The summed E-state index contributed by atoms with van der Waals surface area (Å²) >= 11 is 0. The normalized spacial score (nSPS) is 22.6. The lowest BCUT2D eigenvalue weighted by molar-refractivity contribution is -0.135. The second-order valence-electron chi connectivity index (χ2n) is 6.94. The predicted molar refractivity (Wildman–Crippen MR) is 90.3 cm³/mol. The third-order valence-corrected chi connectivity index (χ3v) is 4.91. The quantitative estimate of drug-likeness (QED) is 0.837. The van der Waals surface area contributed by atoms with Crippen LogP contribution >= 0.6 is 0 Å². The number of likely N-dealkylation sites (N-methyl/N-ethyl adjacent to an activating group) is 1. The fraction of sp³-hybridized carbons (Fsp3) is 0.706. The Balaban J connectivity index is 1.46. The Labute approximate surface area is 142 Å². The Hall–Kier alpha value is -1.89. The third-order valence-electron chi connectivity index (χ3n) is 4.91. The largest absolute Gasteiger partial charge is 0.349 e. The van der Waals surface area contributed by atoms with Gasteiger partial charge in [0.2, 0.25) is 11.8 Å². The molecule has 0 spiro atoms. The summed E-state index contributed by atoms with van der Waals surface area (Å²) in [6.07, 6.45) is 6.46. The van der Waals surface area contributed by atoms with Gasteiger partial charge in [-0.3, -0.25) is 9.59 Å². The van der Waals surface area contributed by atoms with Crippen LogP contribution in [0.25, 0.3) is 0 Å². The van der Waals surface area contributed by atoms with Crippen LogP contribution in [0.1, 0.15) is 49.5 Å². The average Bonchev–Trinajstić information content (AvgIpc) is 3.15. The molecule has 7 nitrogen and oxygen atoms in total. The number of carbonyl (C=O) groups is 2. The third kappa shape index (κ3) is 4.35. The van der Waals surface area contributed by atoms with Crippen LogP contribution in [0.15, 0.2) is 6.20 Å². The number of nitrogens with zero attached hydrogens (tertiary/aromatic N) is 3. The zero-order chi connectivity index (χ0) is 16.9. The number of hydrogen-bond acceptors (Lipinski definition) is 4. The number of hydrogen-bond donors (Lipinski definition) is 2. The maximum atomic E-state index is 12.1. The van der Waals surface area contributed by atoms with E-state index in [2.05, 4.69) is 27.2 Å². The molecule has 1 aromatic heterocycles. The number of imidazole rings is 1. The highest BCUT2D eigenvalue weighted by molar-refractivity contribution is 5.84. The van der Waals surface area contributed by atoms with E-state index in [4.69, 9.17) is 0 Å². The average molecular weight is 333 g/mol. The van der Waals surface area contributed by atoms with E-state index in [1.54, 1.807) is 11.1 Å². The second-order valence-corrected chi connectivity index (χ2v) is 6.94. The first-order valence-corrected chi connectivity index (χ1v) is 8.88. The van der Waals surface area contributed by atoms with Gasteiger partial charge in [-0.1, -0.05) is 6.42 Å². The summed E-state index contributed by atoms with van der Waals surface area (Å²) in [6.45, 7) is 3.40. The van der Waals surface area contributed by atoms with Gasteiger partial charge in [0.1, 0.15) is 5.82 Å². The van der Waals surface area contributed by atoms with E-state index in [1.807, 2.05) is 0 Å². The number of aromatic amines is 1. The predicted octanol–water partition coefficient (Wildman–Crippen LogP) is 0.848. The standard InChI is InChI=1S/C17H27N5O2/c1-21-8-6-13(11-21)17-19-10-14(20-17)9-18-15(23)12-22-7-4-2-3-5-16(22)24/h10,13H,2-9,11-12H2,1H3,(H,18,23)(H,19,20)/t13-/m1/s1. The Bertz CT molecular complexity index is 585. The van der Waals surface area contributed by atoms with Gasteiger partial charge in [-0.2, -0.15) is 0 Å². The van der Waals surface area contributed by atoms with Crippen LogP contribution in [0.2, 0.25) is 0 Å². The number of aromatic nitrogens is 2. The summed E-state index contributed by atoms with van der Waals surface area (Å²) in [5, 5.41) is 2.89. The molecule has 2 N–H and O–H groups in total. The highest BCUT2D eigenvalue weighted by atomic mass is 16.2. The van der Waals surface area contributed by atoms with Gasteiger partial charge < -0.3 is 20.1 Å². The van der Waals surface area contributed by atoms with Crippen molar-refractivity contribution in [3.63, 3.8) is 0 Å². The Morgan fingerprint density at radius 1 is 1.38 bits per heavy atom. The minimum Gasteiger partial charge on any atom is -0.349 e. The van der Waals surface area contributed by atoms with Crippen molar-refractivity contribution in [1.29, 1.82) is 0 Å². The molecule has 132 valence electrons. The van der Waals surface area contributed by atoms with E-state index >= 15 is 0 Å². The van der Waals surface area contributed by atoms with Crippen LogP contribution in [-0.4, -0.2) is 64.8 Å². The van der Waals surface area contributed by atoms with Crippen molar-refractivity contribution in [2.45, 2.75) is 44.6 Å². The minimum atomic E-state index is -0.109. The maximum Gasteiger partial charge on any atom is 0.239 e. The van der Waals surface area contributed by atoms with Gasteiger partial charge in [0.25, 0.3) is 0 Å². The summed E-state index contributed by atoms with van der Waals surface area (Å²) in [7, 11) is 2.12. The fourth-order valence-electron chi connectivity index (χ4n) is 3.46. The number of carbonyl (C=O) groups excluding carboxylic acids is 2. The molecule has 2 aliphatic heterocycles. The summed E-state index contributed by atoms with van der Waals surface area (Å²) < 4.78 is 0. The molecule has 7 heteroatoms. The minimum absolute atomic E-state index is 0.0943. The van der Waals surface area contributed by atoms with Crippen LogP contribution in [-0.2, 0) is 16.1 Å². The zero-order valence-electron chi connectivity index (χ0n) is 14.4. The first-order valence-electron chi connectivity index (χ1n) is 8.88. The molecule has 0 aliphatic carbocycles. The van der Waals surface area contributed by atoms with E-state index < -0.39 is 0 Å².